The van der Waals surface area contributed by atoms with Gasteiger partial charge in [-0.05, 0) is 25.3 Å². The van der Waals surface area contributed by atoms with Gasteiger partial charge in [-0.25, -0.2) is 8.42 Å². The molecular weight excluding hydrogens is 280 g/mol. The van der Waals surface area contributed by atoms with Crippen molar-refractivity contribution in [2.24, 2.45) is 0 Å². The van der Waals surface area contributed by atoms with Gasteiger partial charge < -0.3 is 0 Å². The van der Waals surface area contributed by atoms with Crippen molar-refractivity contribution in [3.05, 3.63) is 33.9 Å². The van der Waals surface area contributed by atoms with E-state index in [9.17, 15) is 18.5 Å². The molecular formula is C13H18N2O4S. The lowest BCUT2D eigenvalue weighted by atomic mass is 10.2. The Balaban J connectivity index is 2.42. The van der Waals surface area contributed by atoms with Crippen LogP contribution in [0.2, 0.25) is 0 Å². The maximum atomic E-state index is 12.6. The maximum absolute atomic E-state index is 12.6. The highest BCUT2D eigenvalue weighted by Gasteiger charge is 2.31. The van der Waals surface area contributed by atoms with E-state index in [4.69, 9.17) is 0 Å². The molecule has 1 aliphatic rings. The monoisotopic (exact) mass is 298 g/mol. The Bertz CT molecular complexity index is 621. The van der Waals surface area contributed by atoms with Gasteiger partial charge in [0.15, 0.2) is 0 Å². The van der Waals surface area contributed by atoms with Crippen LogP contribution in [0.1, 0.15) is 31.2 Å². The number of non-ortho nitro benzene ring substituents is 1. The first-order valence-corrected chi connectivity index (χ1v) is 8.01. The minimum Gasteiger partial charge on any atom is -0.258 e. The van der Waals surface area contributed by atoms with Crippen LogP contribution in [0.5, 0.6) is 0 Å². The molecule has 1 saturated carbocycles. The SMILES string of the molecule is Cc1ccc([N+](=O)[O-])cc1S(=O)(=O)N(C)C1CCCC1. The number of benzene rings is 1. The van der Waals surface area contributed by atoms with Crippen molar-refractivity contribution in [2.75, 3.05) is 7.05 Å². The van der Waals surface area contributed by atoms with E-state index < -0.39 is 14.9 Å². The molecule has 1 aromatic carbocycles. The van der Waals surface area contributed by atoms with E-state index in [2.05, 4.69) is 0 Å². The van der Waals surface area contributed by atoms with Crippen molar-refractivity contribution in [3.8, 4) is 0 Å². The molecule has 0 spiro atoms. The van der Waals surface area contributed by atoms with Crippen LogP contribution in [0.4, 0.5) is 5.69 Å². The zero-order chi connectivity index (χ0) is 14.9. The third-order valence-electron chi connectivity index (χ3n) is 3.88. The highest BCUT2D eigenvalue weighted by atomic mass is 32.2. The van der Waals surface area contributed by atoms with Gasteiger partial charge in [0.25, 0.3) is 5.69 Å². The van der Waals surface area contributed by atoms with E-state index >= 15 is 0 Å². The second-order valence-electron chi connectivity index (χ2n) is 5.17. The van der Waals surface area contributed by atoms with Gasteiger partial charge in [0.05, 0.1) is 9.82 Å². The van der Waals surface area contributed by atoms with E-state index in [1.54, 1.807) is 14.0 Å². The number of sulfonamides is 1. The number of nitro groups is 1. The van der Waals surface area contributed by atoms with Crippen molar-refractivity contribution in [1.82, 2.24) is 4.31 Å². The number of hydrogen-bond donors (Lipinski definition) is 0. The molecule has 6 nitrogen and oxygen atoms in total. The number of nitro benzene ring substituents is 1. The maximum Gasteiger partial charge on any atom is 0.270 e. The van der Waals surface area contributed by atoms with E-state index in [-0.39, 0.29) is 16.6 Å². The van der Waals surface area contributed by atoms with E-state index in [0.29, 0.717) is 5.56 Å². The summed E-state index contributed by atoms with van der Waals surface area (Å²) in [5.74, 6) is 0. The normalized spacial score (nSPS) is 16.8. The molecule has 20 heavy (non-hydrogen) atoms. The Hall–Kier alpha value is -1.47. The van der Waals surface area contributed by atoms with Gasteiger partial charge >= 0.3 is 0 Å². The molecule has 0 amide bonds. The second-order valence-corrected chi connectivity index (χ2v) is 7.13. The van der Waals surface area contributed by atoms with Crippen LogP contribution >= 0.6 is 0 Å². The first-order chi connectivity index (χ1) is 9.34. The summed E-state index contributed by atoms with van der Waals surface area (Å²) >= 11 is 0. The van der Waals surface area contributed by atoms with Crippen molar-refractivity contribution >= 4 is 15.7 Å². The van der Waals surface area contributed by atoms with E-state index in [1.807, 2.05) is 0 Å². The summed E-state index contributed by atoms with van der Waals surface area (Å²) in [6, 6.07) is 3.95. The quantitative estimate of drug-likeness (QED) is 0.631. The van der Waals surface area contributed by atoms with Gasteiger partial charge in [-0.15, -0.1) is 0 Å². The van der Waals surface area contributed by atoms with Crippen molar-refractivity contribution in [1.29, 1.82) is 0 Å². The first-order valence-electron chi connectivity index (χ1n) is 6.57. The summed E-state index contributed by atoms with van der Waals surface area (Å²) in [6.45, 7) is 1.65. The molecule has 0 N–H and O–H groups in total. The molecule has 0 bridgehead atoms. The molecule has 0 heterocycles. The largest absolute Gasteiger partial charge is 0.270 e. The zero-order valence-corrected chi connectivity index (χ0v) is 12.4. The molecule has 2 rings (SSSR count). The first kappa shape index (κ1) is 14.9. The molecule has 0 aliphatic heterocycles. The summed E-state index contributed by atoms with van der Waals surface area (Å²) < 4.78 is 26.6. The fraction of sp³-hybridized carbons (Fsp3) is 0.538. The third kappa shape index (κ3) is 2.69. The van der Waals surface area contributed by atoms with Gasteiger partial charge in [0.2, 0.25) is 10.0 Å². The summed E-state index contributed by atoms with van der Waals surface area (Å²) in [6.07, 6.45) is 3.75. The van der Waals surface area contributed by atoms with Gasteiger partial charge in [-0.3, -0.25) is 10.1 Å². The Labute approximate surface area is 118 Å². The highest BCUT2D eigenvalue weighted by molar-refractivity contribution is 7.89. The summed E-state index contributed by atoms with van der Waals surface area (Å²) in [5.41, 5.74) is 0.328. The predicted molar refractivity (Wildman–Crippen MR) is 75.0 cm³/mol. The molecule has 0 saturated heterocycles. The standard InChI is InChI=1S/C13H18N2O4S/c1-10-7-8-12(15(16)17)9-13(10)20(18,19)14(2)11-5-3-4-6-11/h7-9,11H,3-6H2,1-2H3. The van der Waals surface area contributed by atoms with Crippen LogP contribution in [-0.2, 0) is 10.0 Å². The van der Waals surface area contributed by atoms with Crippen LogP contribution in [0.15, 0.2) is 23.1 Å². The summed E-state index contributed by atoms with van der Waals surface area (Å²) in [5, 5.41) is 10.8. The fourth-order valence-corrected chi connectivity index (χ4v) is 4.26. The van der Waals surface area contributed by atoms with Crippen molar-refractivity contribution in [3.63, 3.8) is 0 Å². The lowest BCUT2D eigenvalue weighted by Crippen LogP contribution is -2.35. The number of nitrogens with zero attached hydrogens (tertiary/aromatic N) is 2. The number of rotatable bonds is 4. The van der Waals surface area contributed by atoms with Gasteiger partial charge in [0.1, 0.15) is 0 Å². The molecule has 110 valence electrons. The van der Waals surface area contributed by atoms with Crippen molar-refractivity contribution in [2.45, 2.75) is 43.5 Å². The molecule has 1 aliphatic carbocycles. The second kappa shape index (κ2) is 5.49. The van der Waals surface area contributed by atoms with Gasteiger partial charge in [-0.2, -0.15) is 4.31 Å². The number of aryl methyl sites for hydroxylation is 1. The number of hydrogen-bond acceptors (Lipinski definition) is 4. The summed E-state index contributed by atoms with van der Waals surface area (Å²) in [4.78, 5) is 10.3. The molecule has 1 fully saturated rings. The van der Waals surface area contributed by atoms with Crippen LogP contribution in [0.3, 0.4) is 0 Å². The zero-order valence-electron chi connectivity index (χ0n) is 11.6. The van der Waals surface area contributed by atoms with Crippen molar-refractivity contribution < 1.29 is 13.3 Å². The van der Waals surface area contributed by atoms with Gasteiger partial charge in [-0.1, -0.05) is 18.9 Å². The van der Waals surface area contributed by atoms with Gasteiger partial charge in [0, 0.05) is 25.2 Å². The molecule has 0 atom stereocenters. The average molecular weight is 298 g/mol. The highest BCUT2D eigenvalue weighted by Crippen LogP contribution is 2.30. The topological polar surface area (TPSA) is 80.5 Å². The smallest absolute Gasteiger partial charge is 0.258 e. The van der Waals surface area contributed by atoms with Crippen LogP contribution in [-0.4, -0.2) is 30.7 Å². The molecule has 0 aromatic heterocycles. The van der Waals surface area contributed by atoms with Crippen LogP contribution < -0.4 is 0 Å². The molecule has 7 heteroatoms. The summed E-state index contributed by atoms with van der Waals surface area (Å²) in [7, 11) is -2.12. The Morgan fingerprint density at radius 3 is 2.45 bits per heavy atom. The molecule has 0 unspecified atom stereocenters. The molecule has 1 aromatic rings. The lowest BCUT2D eigenvalue weighted by molar-refractivity contribution is -0.385. The third-order valence-corrected chi connectivity index (χ3v) is 5.93. The molecule has 0 radical (unpaired) electrons. The minimum absolute atomic E-state index is 0.00124. The lowest BCUT2D eigenvalue weighted by Gasteiger charge is -2.24. The fourth-order valence-electron chi connectivity index (χ4n) is 2.60. The Morgan fingerprint density at radius 1 is 1.30 bits per heavy atom. The minimum atomic E-state index is -3.68. The van der Waals surface area contributed by atoms with Crippen LogP contribution in [0.25, 0.3) is 0 Å². The van der Waals surface area contributed by atoms with E-state index in [0.717, 1.165) is 31.7 Å². The van der Waals surface area contributed by atoms with E-state index in [1.165, 1.54) is 16.4 Å². The average Bonchev–Trinajstić information content (AvgIpc) is 2.91. The predicted octanol–water partition coefficient (Wildman–Crippen LogP) is 2.47. The Morgan fingerprint density at radius 2 is 1.90 bits per heavy atom. The van der Waals surface area contributed by atoms with Crippen LogP contribution in [0, 0.1) is 17.0 Å². The Kier molecular flexibility index (Phi) is 4.10.